The van der Waals surface area contributed by atoms with Crippen LogP contribution in [0.5, 0.6) is 0 Å². The van der Waals surface area contributed by atoms with Crippen molar-refractivity contribution in [2.45, 2.75) is 25.7 Å². The standard InChI is InChI=1S/C13H21N3O3/c1-14-7-9-15(10-8-14)11(17)3-2-6-16-12(18)4-5-13(16)19/h2-10H2,1H3. The number of nitrogens with zero attached hydrogens (tertiary/aromatic N) is 3. The zero-order valence-corrected chi connectivity index (χ0v) is 11.4. The summed E-state index contributed by atoms with van der Waals surface area (Å²) in [6.45, 7) is 3.76. The van der Waals surface area contributed by atoms with Gasteiger partial charge in [0.05, 0.1) is 0 Å². The van der Waals surface area contributed by atoms with Crippen LogP contribution in [0.15, 0.2) is 0 Å². The lowest BCUT2D eigenvalue weighted by Gasteiger charge is -2.32. The fraction of sp³-hybridized carbons (Fsp3) is 0.769. The van der Waals surface area contributed by atoms with E-state index in [1.54, 1.807) is 0 Å². The molecule has 0 aromatic carbocycles. The molecule has 0 spiro atoms. The Hall–Kier alpha value is -1.43. The SMILES string of the molecule is CN1CCN(C(=O)CCCN2C(=O)CCC2=O)CC1. The molecule has 0 aliphatic carbocycles. The summed E-state index contributed by atoms with van der Waals surface area (Å²) in [6, 6.07) is 0. The van der Waals surface area contributed by atoms with Gasteiger partial charge in [-0.05, 0) is 13.5 Å². The fourth-order valence-electron chi connectivity index (χ4n) is 2.47. The third kappa shape index (κ3) is 3.53. The number of likely N-dealkylation sites (N-methyl/N-ethyl adjacent to an activating group) is 1. The van der Waals surface area contributed by atoms with E-state index in [-0.39, 0.29) is 17.7 Å². The first-order valence-corrected chi connectivity index (χ1v) is 6.87. The van der Waals surface area contributed by atoms with Crippen molar-refractivity contribution >= 4 is 17.7 Å². The highest BCUT2D eigenvalue weighted by atomic mass is 16.2. The molecule has 0 aromatic rings. The highest BCUT2D eigenvalue weighted by Crippen LogP contribution is 2.13. The third-order valence-electron chi connectivity index (χ3n) is 3.78. The summed E-state index contributed by atoms with van der Waals surface area (Å²) < 4.78 is 0. The Morgan fingerprint density at radius 3 is 2.21 bits per heavy atom. The quantitative estimate of drug-likeness (QED) is 0.656. The second-order valence-corrected chi connectivity index (χ2v) is 5.23. The highest BCUT2D eigenvalue weighted by Gasteiger charge is 2.28. The summed E-state index contributed by atoms with van der Waals surface area (Å²) in [4.78, 5) is 40.1. The van der Waals surface area contributed by atoms with Crippen LogP contribution < -0.4 is 0 Å². The van der Waals surface area contributed by atoms with Crippen molar-refractivity contribution in [2.75, 3.05) is 39.8 Å². The average Bonchev–Trinajstić information content (AvgIpc) is 2.71. The molecule has 2 heterocycles. The molecule has 0 aromatic heterocycles. The van der Waals surface area contributed by atoms with Crippen molar-refractivity contribution in [1.29, 1.82) is 0 Å². The predicted octanol–water partition coefficient (Wildman–Crippen LogP) is -0.310. The van der Waals surface area contributed by atoms with Gasteiger partial charge in [-0.2, -0.15) is 0 Å². The Bertz CT molecular complexity index is 359. The van der Waals surface area contributed by atoms with Gasteiger partial charge < -0.3 is 9.80 Å². The van der Waals surface area contributed by atoms with E-state index in [9.17, 15) is 14.4 Å². The molecule has 6 nitrogen and oxygen atoms in total. The van der Waals surface area contributed by atoms with Crippen LogP contribution in [0, 0.1) is 0 Å². The first-order valence-electron chi connectivity index (χ1n) is 6.87. The molecule has 0 saturated carbocycles. The number of carbonyl (C=O) groups excluding carboxylic acids is 3. The number of carbonyl (C=O) groups is 3. The Balaban J connectivity index is 1.69. The molecule has 0 radical (unpaired) electrons. The van der Waals surface area contributed by atoms with E-state index in [1.165, 1.54) is 4.90 Å². The summed E-state index contributed by atoms with van der Waals surface area (Å²) in [5.74, 6) is -0.0683. The molecule has 19 heavy (non-hydrogen) atoms. The van der Waals surface area contributed by atoms with Crippen LogP contribution in [0.1, 0.15) is 25.7 Å². The first kappa shape index (κ1) is 14.0. The monoisotopic (exact) mass is 267 g/mol. The second-order valence-electron chi connectivity index (χ2n) is 5.23. The van der Waals surface area contributed by atoms with Crippen LogP contribution in [0.25, 0.3) is 0 Å². The molecule has 2 saturated heterocycles. The van der Waals surface area contributed by atoms with Crippen LogP contribution in [-0.4, -0.2) is 72.2 Å². The number of likely N-dealkylation sites (tertiary alicyclic amines) is 1. The molecule has 0 bridgehead atoms. The minimum atomic E-state index is -0.1000. The van der Waals surface area contributed by atoms with Crippen molar-refractivity contribution in [3.8, 4) is 0 Å². The zero-order valence-electron chi connectivity index (χ0n) is 11.4. The summed E-state index contributed by atoms with van der Waals surface area (Å²) in [7, 11) is 2.05. The smallest absolute Gasteiger partial charge is 0.229 e. The molecule has 0 unspecified atom stereocenters. The topological polar surface area (TPSA) is 60.9 Å². The molecule has 2 fully saturated rings. The van der Waals surface area contributed by atoms with Crippen molar-refractivity contribution in [3.05, 3.63) is 0 Å². The molecule has 3 amide bonds. The lowest BCUT2D eigenvalue weighted by molar-refractivity contribution is -0.139. The van der Waals surface area contributed by atoms with Crippen molar-refractivity contribution in [2.24, 2.45) is 0 Å². The van der Waals surface area contributed by atoms with E-state index in [0.29, 0.717) is 32.2 Å². The van der Waals surface area contributed by atoms with Gasteiger partial charge in [0, 0.05) is 52.0 Å². The minimum Gasteiger partial charge on any atom is -0.340 e. The van der Waals surface area contributed by atoms with Crippen molar-refractivity contribution in [1.82, 2.24) is 14.7 Å². The maximum Gasteiger partial charge on any atom is 0.229 e. The minimum absolute atomic E-state index is 0.1000. The van der Waals surface area contributed by atoms with Gasteiger partial charge in [0.25, 0.3) is 0 Å². The lowest BCUT2D eigenvalue weighted by atomic mass is 10.2. The Labute approximate surface area is 113 Å². The zero-order chi connectivity index (χ0) is 13.8. The summed E-state index contributed by atoms with van der Waals surface area (Å²) in [5.41, 5.74) is 0. The van der Waals surface area contributed by atoms with Gasteiger partial charge in [0.15, 0.2) is 0 Å². The van der Waals surface area contributed by atoms with Crippen LogP contribution >= 0.6 is 0 Å². The van der Waals surface area contributed by atoms with Crippen LogP contribution in [-0.2, 0) is 14.4 Å². The summed E-state index contributed by atoms with van der Waals surface area (Å²) >= 11 is 0. The largest absolute Gasteiger partial charge is 0.340 e. The van der Waals surface area contributed by atoms with E-state index < -0.39 is 0 Å². The van der Waals surface area contributed by atoms with E-state index in [2.05, 4.69) is 4.90 Å². The van der Waals surface area contributed by atoms with Crippen LogP contribution in [0.3, 0.4) is 0 Å². The van der Waals surface area contributed by atoms with Crippen molar-refractivity contribution in [3.63, 3.8) is 0 Å². The van der Waals surface area contributed by atoms with Gasteiger partial charge in [0.1, 0.15) is 0 Å². The summed E-state index contributed by atoms with van der Waals surface area (Å²) in [5, 5.41) is 0. The summed E-state index contributed by atoms with van der Waals surface area (Å²) in [6.07, 6.45) is 1.64. The van der Waals surface area contributed by atoms with Gasteiger partial charge in [0.2, 0.25) is 17.7 Å². The van der Waals surface area contributed by atoms with Gasteiger partial charge in [-0.3, -0.25) is 19.3 Å². The Morgan fingerprint density at radius 1 is 1.05 bits per heavy atom. The molecule has 0 atom stereocenters. The molecular weight excluding hydrogens is 246 g/mol. The van der Waals surface area contributed by atoms with E-state index >= 15 is 0 Å². The van der Waals surface area contributed by atoms with E-state index in [4.69, 9.17) is 0 Å². The number of amides is 3. The number of rotatable bonds is 4. The van der Waals surface area contributed by atoms with E-state index in [1.807, 2.05) is 11.9 Å². The fourth-order valence-corrected chi connectivity index (χ4v) is 2.47. The Kier molecular flexibility index (Phi) is 4.52. The lowest BCUT2D eigenvalue weighted by Crippen LogP contribution is -2.47. The van der Waals surface area contributed by atoms with Gasteiger partial charge in [-0.1, -0.05) is 0 Å². The molecule has 2 rings (SSSR count). The predicted molar refractivity (Wildman–Crippen MR) is 69.3 cm³/mol. The molecule has 0 N–H and O–H groups in total. The number of imide groups is 1. The molecule has 106 valence electrons. The average molecular weight is 267 g/mol. The number of piperazine rings is 1. The second kappa shape index (κ2) is 6.14. The molecule has 2 aliphatic rings. The molecular formula is C13H21N3O3. The maximum atomic E-state index is 12.0. The van der Waals surface area contributed by atoms with Gasteiger partial charge >= 0.3 is 0 Å². The first-order chi connectivity index (χ1) is 9.08. The van der Waals surface area contributed by atoms with Crippen molar-refractivity contribution < 1.29 is 14.4 Å². The van der Waals surface area contributed by atoms with Gasteiger partial charge in [-0.25, -0.2) is 0 Å². The van der Waals surface area contributed by atoms with E-state index in [0.717, 1.165) is 26.2 Å². The normalized spacial score (nSPS) is 21.3. The molecule has 6 heteroatoms. The maximum absolute atomic E-state index is 12.0. The Morgan fingerprint density at radius 2 is 1.63 bits per heavy atom. The van der Waals surface area contributed by atoms with Gasteiger partial charge in [-0.15, -0.1) is 0 Å². The van der Waals surface area contributed by atoms with Crippen LogP contribution in [0.2, 0.25) is 0 Å². The van der Waals surface area contributed by atoms with Crippen LogP contribution in [0.4, 0.5) is 0 Å². The molecule has 2 aliphatic heterocycles. The third-order valence-corrected chi connectivity index (χ3v) is 3.78. The highest BCUT2D eigenvalue weighted by molar-refractivity contribution is 6.01. The number of hydrogen-bond donors (Lipinski definition) is 0. The number of hydrogen-bond acceptors (Lipinski definition) is 4.